The molecule has 4 aromatic rings. The minimum atomic E-state index is -3.80. The molecule has 10 heteroatoms. The Hall–Kier alpha value is -2.82. The Labute approximate surface area is 175 Å². The average Bonchev–Trinajstić information content (AvgIpc) is 3.39. The summed E-state index contributed by atoms with van der Waals surface area (Å²) in [4.78, 5) is 12.9. The Bertz CT molecular complexity index is 1280. The Morgan fingerprint density at radius 3 is 2.48 bits per heavy atom. The van der Waals surface area contributed by atoms with Crippen molar-refractivity contribution in [3.63, 3.8) is 0 Å². The van der Waals surface area contributed by atoms with E-state index in [1.807, 2.05) is 31.2 Å². The Morgan fingerprint density at radius 2 is 1.83 bits per heavy atom. The number of fused-ring (bicyclic) bond motifs is 1. The van der Waals surface area contributed by atoms with Gasteiger partial charge in [-0.25, -0.2) is 8.42 Å². The molecule has 7 nitrogen and oxygen atoms in total. The van der Waals surface area contributed by atoms with Crippen LogP contribution < -0.4 is 10.0 Å². The van der Waals surface area contributed by atoms with E-state index in [4.69, 9.17) is 0 Å². The third kappa shape index (κ3) is 4.14. The summed E-state index contributed by atoms with van der Waals surface area (Å²) in [6, 6.07) is 13.9. The van der Waals surface area contributed by atoms with Crippen LogP contribution >= 0.6 is 22.7 Å². The number of hydrogen-bond acceptors (Lipinski definition) is 7. The van der Waals surface area contributed by atoms with Crippen LogP contribution in [0.1, 0.15) is 22.3 Å². The van der Waals surface area contributed by atoms with Crippen molar-refractivity contribution in [3.8, 4) is 0 Å². The quantitative estimate of drug-likeness (QED) is 0.460. The maximum Gasteiger partial charge on any atom is 0.271 e. The van der Waals surface area contributed by atoms with Gasteiger partial charge in [-0.15, -0.1) is 21.5 Å². The van der Waals surface area contributed by atoms with Crippen molar-refractivity contribution in [3.05, 3.63) is 64.5 Å². The third-order valence-corrected chi connectivity index (χ3v) is 7.87. The zero-order valence-electron chi connectivity index (χ0n) is 15.2. The lowest BCUT2D eigenvalue weighted by atomic mass is 10.0. The molecule has 0 saturated carbocycles. The zero-order chi connectivity index (χ0) is 20.4. The molecule has 148 valence electrons. The number of nitrogens with one attached hydrogen (secondary N) is 2. The highest BCUT2D eigenvalue weighted by atomic mass is 32.2. The largest absolute Gasteiger partial charge is 0.296 e. The van der Waals surface area contributed by atoms with E-state index < -0.39 is 15.9 Å². The van der Waals surface area contributed by atoms with Gasteiger partial charge in [-0.3, -0.25) is 14.8 Å². The summed E-state index contributed by atoms with van der Waals surface area (Å²) >= 11 is 2.39. The first-order valence-electron chi connectivity index (χ1n) is 8.69. The molecular weight excluding hydrogens is 428 g/mol. The van der Waals surface area contributed by atoms with Crippen molar-refractivity contribution in [1.82, 2.24) is 10.2 Å². The van der Waals surface area contributed by atoms with Crippen LogP contribution in [0.15, 0.2) is 58.1 Å². The smallest absolute Gasteiger partial charge is 0.271 e. The van der Waals surface area contributed by atoms with Gasteiger partial charge in [-0.1, -0.05) is 48.6 Å². The predicted molar refractivity (Wildman–Crippen MR) is 116 cm³/mol. The van der Waals surface area contributed by atoms with Crippen LogP contribution in [-0.4, -0.2) is 24.5 Å². The van der Waals surface area contributed by atoms with Crippen LogP contribution in [0.5, 0.6) is 0 Å². The van der Waals surface area contributed by atoms with Crippen LogP contribution in [0, 0.1) is 0 Å². The predicted octanol–water partition coefficient (Wildman–Crippen LogP) is 4.37. The van der Waals surface area contributed by atoms with E-state index in [-0.39, 0.29) is 15.5 Å². The van der Waals surface area contributed by atoms with Crippen LogP contribution in [-0.2, 0) is 16.4 Å². The van der Waals surface area contributed by atoms with Gasteiger partial charge in [-0.2, -0.15) is 0 Å². The summed E-state index contributed by atoms with van der Waals surface area (Å²) in [5, 5.41) is 15.2. The molecule has 0 bridgehead atoms. The topological polar surface area (TPSA) is 101 Å². The number of thiophene rings is 1. The second-order valence-corrected chi connectivity index (χ2v) is 10.0. The summed E-state index contributed by atoms with van der Waals surface area (Å²) < 4.78 is 28.2. The fourth-order valence-corrected chi connectivity index (χ4v) is 5.47. The fourth-order valence-electron chi connectivity index (χ4n) is 2.74. The molecule has 0 radical (unpaired) electrons. The summed E-state index contributed by atoms with van der Waals surface area (Å²) in [5.74, 6) is -0.460. The van der Waals surface area contributed by atoms with E-state index in [0.29, 0.717) is 5.13 Å². The minimum absolute atomic E-state index is 0.175. The van der Waals surface area contributed by atoms with Crippen LogP contribution in [0.4, 0.5) is 10.8 Å². The van der Waals surface area contributed by atoms with Crippen molar-refractivity contribution in [1.29, 1.82) is 0 Å². The zero-order valence-corrected chi connectivity index (χ0v) is 17.7. The lowest BCUT2D eigenvalue weighted by molar-refractivity contribution is 0.102. The number of rotatable bonds is 6. The van der Waals surface area contributed by atoms with Gasteiger partial charge < -0.3 is 0 Å². The molecule has 0 spiro atoms. The van der Waals surface area contributed by atoms with Gasteiger partial charge in [0.05, 0.1) is 11.3 Å². The maximum absolute atomic E-state index is 12.9. The Kier molecular flexibility index (Phi) is 5.31. The molecule has 2 N–H and O–H groups in total. The second kappa shape index (κ2) is 7.90. The molecule has 2 aromatic heterocycles. The first-order valence-corrected chi connectivity index (χ1v) is 11.9. The molecule has 29 heavy (non-hydrogen) atoms. The fraction of sp³-hybridized carbons (Fsp3) is 0.105. The van der Waals surface area contributed by atoms with Crippen LogP contribution in [0.2, 0.25) is 0 Å². The number of hydrogen-bond donors (Lipinski definition) is 2. The molecule has 0 aliphatic heterocycles. The number of nitrogens with zero attached hydrogens (tertiary/aromatic N) is 2. The Morgan fingerprint density at radius 1 is 1.07 bits per heavy atom. The monoisotopic (exact) mass is 444 g/mol. The van der Waals surface area contributed by atoms with Crippen molar-refractivity contribution in [2.24, 2.45) is 0 Å². The van der Waals surface area contributed by atoms with Gasteiger partial charge in [0, 0.05) is 0 Å². The number of benzene rings is 2. The number of aromatic nitrogens is 2. The molecule has 1 amide bonds. The van der Waals surface area contributed by atoms with Crippen molar-refractivity contribution >= 4 is 60.2 Å². The van der Waals surface area contributed by atoms with Gasteiger partial charge >= 0.3 is 0 Å². The third-order valence-electron chi connectivity index (χ3n) is 4.12. The van der Waals surface area contributed by atoms with E-state index >= 15 is 0 Å². The molecule has 0 atom stereocenters. The van der Waals surface area contributed by atoms with Gasteiger partial charge in [0.15, 0.2) is 0 Å². The number of carbonyl (C=O) groups is 1. The van der Waals surface area contributed by atoms with Gasteiger partial charge in [0.1, 0.15) is 9.22 Å². The summed E-state index contributed by atoms with van der Waals surface area (Å²) in [6.07, 6.45) is 0.718. The second-order valence-electron chi connectivity index (χ2n) is 6.09. The SMILES string of the molecule is CCc1nnc(NC(=O)c2cc3ccccc3cc2NS(=O)(=O)c2cccs2)s1. The van der Waals surface area contributed by atoms with Crippen molar-refractivity contribution in [2.75, 3.05) is 10.0 Å². The number of sulfonamides is 1. The number of amides is 1. The number of anilines is 2. The Balaban J connectivity index is 1.74. The van der Waals surface area contributed by atoms with E-state index in [1.54, 1.807) is 23.6 Å². The molecule has 4 rings (SSSR count). The number of carbonyl (C=O) groups excluding carboxylic acids is 1. The molecule has 0 saturated heterocycles. The van der Waals surface area contributed by atoms with Crippen LogP contribution in [0.3, 0.4) is 0 Å². The molecule has 0 fully saturated rings. The average molecular weight is 445 g/mol. The van der Waals surface area contributed by atoms with E-state index in [0.717, 1.165) is 33.5 Å². The highest BCUT2D eigenvalue weighted by Crippen LogP contribution is 2.28. The first kappa shape index (κ1) is 19.5. The first-order chi connectivity index (χ1) is 14.0. The highest BCUT2D eigenvalue weighted by molar-refractivity contribution is 7.94. The maximum atomic E-state index is 12.9. The summed E-state index contributed by atoms with van der Waals surface area (Å²) in [5.41, 5.74) is 0.409. The normalized spacial score (nSPS) is 11.5. The summed E-state index contributed by atoms with van der Waals surface area (Å²) in [7, 11) is -3.80. The van der Waals surface area contributed by atoms with Crippen molar-refractivity contribution < 1.29 is 13.2 Å². The molecular formula is C19H16N4O3S3. The molecule has 0 aliphatic carbocycles. The lowest BCUT2D eigenvalue weighted by Crippen LogP contribution is -2.18. The molecule has 0 aliphatic rings. The highest BCUT2D eigenvalue weighted by Gasteiger charge is 2.21. The van der Waals surface area contributed by atoms with E-state index in [9.17, 15) is 13.2 Å². The van der Waals surface area contributed by atoms with Crippen LogP contribution in [0.25, 0.3) is 10.8 Å². The van der Waals surface area contributed by atoms with Gasteiger partial charge in [0.25, 0.3) is 15.9 Å². The van der Waals surface area contributed by atoms with Gasteiger partial charge in [-0.05, 0) is 40.8 Å². The van der Waals surface area contributed by atoms with Gasteiger partial charge in [0.2, 0.25) is 5.13 Å². The molecule has 0 unspecified atom stereocenters. The molecule has 2 heterocycles. The van der Waals surface area contributed by atoms with E-state index in [1.165, 1.54) is 17.4 Å². The minimum Gasteiger partial charge on any atom is -0.296 e. The number of aryl methyl sites for hydroxylation is 1. The lowest BCUT2D eigenvalue weighted by Gasteiger charge is -2.13. The summed E-state index contributed by atoms with van der Waals surface area (Å²) in [6.45, 7) is 1.95. The molecule has 2 aromatic carbocycles. The van der Waals surface area contributed by atoms with Crippen molar-refractivity contribution in [2.45, 2.75) is 17.6 Å². The standard InChI is InChI=1S/C19H16N4O3S3/c1-2-16-21-22-19(28-16)20-18(24)14-10-12-6-3-4-7-13(12)11-15(14)23-29(25,26)17-8-5-9-27-17/h3-11,23H,2H2,1H3,(H,20,22,24). The van der Waals surface area contributed by atoms with E-state index in [2.05, 4.69) is 20.2 Å².